The summed E-state index contributed by atoms with van der Waals surface area (Å²) in [5.74, 6) is -2.08. The van der Waals surface area contributed by atoms with Gasteiger partial charge in [-0.25, -0.2) is 9.59 Å². The maximum atomic E-state index is 10.9. The molecule has 6 nitrogen and oxygen atoms in total. The molecule has 0 aliphatic heterocycles. The van der Waals surface area contributed by atoms with E-state index in [2.05, 4.69) is 10.6 Å². The van der Waals surface area contributed by atoms with Gasteiger partial charge in [-0.1, -0.05) is 34.8 Å². The number of halogens is 3. The van der Waals surface area contributed by atoms with Crippen molar-refractivity contribution in [1.29, 1.82) is 0 Å². The number of aromatic carboxylic acids is 2. The molecule has 0 saturated carbocycles. The molecule has 4 N–H and O–H groups in total. The molecule has 0 spiro atoms. The topological polar surface area (TPSA) is 98.7 Å². The molecule has 25 heavy (non-hydrogen) atoms. The monoisotopic (exact) mass is 402 g/mol. The molecule has 0 heterocycles. The minimum Gasteiger partial charge on any atom is -0.478 e. The molecule has 0 bridgehead atoms. The fourth-order valence-electron chi connectivity index (χ4n) is 1.95. The molecule has 2 aromatic rings. The van der Waals surface area contributed by atoms with E-state index in [-0.39, 0.29) is 11.1 Å². The Hall–Kier alpha value is -2.15. The summed E-state index contributed by atoms with van der Waals surface area (Å²) in [4.78, 5) is 21.7. The number of hydrogen-bond donors (Lipinski definition) is 4. The number of carbonyl (C=O) groups is 2. The van der Waals surface area contributed by atoms with Gasteiger partial charge >= 0.3 is 11.9 Å². The smallest absolute Gasteiger partial charge is 0.335 e. The minimum atomic E-state index is -1.74. The highest BCUT2D eigenvalue weighted by atomic mass is 35.6. The molecule has 0 fully saturated rings. The zero-order chi connectivity index (χ0) is 18.6. The van der Waals surface area contributed by atoms with E-state index in [1.807, 2.05) is 0 Å². The summed E-state index contributed by atoms with van der Waals surface area (Å²) in [7, 11) is 0. The summed E-state index contributed by atoms with van der Waals surface area (Å²) in [5, 5.41) is 23.7. The van der Waals surface area contributed by atoms with Crippen LogP contribution < -0.4 is 10.6 Å². The Morgan fingerprint density at radius 1 is 0.760 bits per heavy atom. The molecule has 0 aliphatic carbocycles. The second kappa shape index (κ2) is 7.82. The molecule has 0 aliphatic rings. The van der Waals surface area contributed by atoms with Crippen LogP contribution in [0.3, 0.4) is 0 Å². The van der Waals surface area contributed by atoms with Crippen LogP contribution in [0.15, 0.2) is 48.5 Å². The summed E-state index contributed by atoms with van der Waals surface area (Å²) >= 11 is 17.9. The van der Waals surface area contributed by atoms with E-state index < -0.39 is 21.9 Å². The highest BCUT2D eigenvalue weighted by Gasteiger charge is 2.32. The quantitative estimate of drug-likeness (QED) is 0.424. The Morgan fingerprint density at radius 2 is 1.08 bits per heavy atom. The number of nitrogens with one attached hydrogen (secondary N) is 2. The number of carboxylic acids is 2. The first-order valence-corrected chi connectivity index (χ1v) is 8.07. The van der Waals surface area contributed by atoms with Gasteiger partial charge in [0, 0.05) is 11.4 Å². The maximum absolute atomic E-state index is 10.9. The summed E-state index contributed by atoms with van der Waals surface area (Å²) in [6.07, 6.45) is -0.858. The Kier molecular flexibility index (Phi) is 6.00. The van der Waals surface area contributed by atoms with E-state index in [1.165, 1.54) is 24.3 Å². The second-order valence-electron chi connectivity index (χ2n) is 5.03. The van der Waals surface area contributed by atoms with Crippen LogP contribution in [0, 0.1) is 0 Å². The lowest BCUT2D eigenvalue weighted by atomic mass is 10.2. The van der Waals surface area contributed by atoms with Crippen LogP contribution in [0.1, 0.15) is 20.7 Å². The molecule has 0 amide bonds. The third kappa shape index (κ3) is 5.42. The summed E-state index contributed by atoms with van der Waals surface area (Å²) < 4.78 is -1.74. The van der Waals surface area contributed by atoms with E-state index >= 15 is 0 Å². The van der Waals surface area contributed by atoms with Crippen molar-refractivity contribution >= 4 is 58.1 Å². The Balaban J connectivity index is 2.16. The predicted molar refractivity (Wildman–Crippen MR) is 98.1 cm³/mol. The average Bonchev–Trinajstić information content (AvgIpc) is 2.54. The zero-order valence-electron chi connectivity index (χ0n) is 12.5. The molecule has 0 aromatic heterocycles. The van der Waals surface area contributed by atoms with Crippen molar-refractivity contribution in [1.82, 2.24) is 0 Å². The van der Waals surface area contributed by atoms with Gasteiger partial charge in [-0.2, -0.15) is 0 Å². The fraction of sp³-hybridized carbons (Fsp3) is 0.125. The van der Waals surface area contributed by atoms with Crippen LogP contribution in [0.2, 0.25) is 0 Å². The van der Waals surface area contributed by atoms with Crippen molar-refractivity contribution in [3.63, 3.8) is 0 Å². The fourth-order valence-corrected chi connectivity index (χ4v) is 2.28. The average molecular weight is 404 g/mol. The van der Waals surface area contributed by atoms with Gasteiger partial charge in [-0.3, -0.25) is 0 Å². The summed E-state index contributed by atoms with van der Waals surface area (Å²) in [6.45, 7) is 0. The van der Waals surface area contributed by atoms with E-state index in [9.17, 15) is 9.59 Å². The lowest BCUT2D eigenvalue weighted by Crippen LogP contribution is -2.40. The SMILES string of the molecule is O=C(O)c1ccc(NC(Nc2ccc(C(=O)O)cc2)C(Cl)(Cl)Cl)cc1. The van der Waals surface area contributed by atoms with Gasteiger partial charge in [-0.05, 0) is 48.5 Å². The van der Waals surface area contributed by atoms with Gasteiger partial charge in [0.2, 0.25) is 3.79 Å². The van der Waals surface area contributed by atoms with Gasteiger partial charge in [0.05, 0.1) is 11.1 Å². The first-order valence-electron chi connectivity index (χ1n) is 6.93. The number of anilines is 2. The first kappa shape index (κ1) is 19.2. The summed E-state index contributed by atoms with van der Waals surface area (Å²) in [6, 6.07) is 11.8. The van der Waals surface area contributed by atoms with Crippen molar-refractivity contribution in [2.75, 3.05) is 10.6 Å². The Labute approximate surface area is 158 Å². The highest BCUT2D eigenvalue weighted by molar-refractivity contribution is 6.68. The lowest BCUT2D eigenvalue weighted by Gasteiger charge is -2.28. The van der Waals surface area contributed by atoms with E-state index in [4.69, 9.17) is 45.0 Å². The Morgan fingerprint density at radius 3 is 1.32 bits per heavy atom. The number of alkyl halides is 3. The van der Waals surface area contributed by atoms with E-state index in [1.54, 1.807) is 24.3 Å². The molecular weight excluding hydrogens is 391 g/mol. The van der Waals surface area contributed by atoms with Gasteiger partial charge < -0.3 is 20.8 Å². The van der Waals surface area contributed by atoms with Crippen molar-refractivity contribution in [3.05, 3.63) is 59.7 Å². The molecule has 132 valence electrons. The molecule has 9 heteroatoms. The van der Waals surface area contributed by atoms with Gasteiger partial charge in [-0.15, -0.1) is 0 Å². The largest absolute Gasteiger partial charge is 0.478 e. The van der Waals surface area contributed by atoms with E-state index in [0.29, 0.717) is 11.4 Å². The predicted octanol–water partition coefficient (Wildman–Crippen LogP) is 4.30. The van der Waals surface area contributed by atoms with Crippen molar-refractivity contribution in [2.24, 2.45) is 0 Å². The third-order valence-corrected chi connectivity index (χ3v) is 3.87. The standard InChI is InChI=1S/C16H13Cl3N2O4/c17-16(18,19)15(20-11-5-1-9(2-6-11)13(22)23)21-12-7-3-10(4-8-12)14(24)25/h1-8,15,20-21H,(H,22,23)(H,24,25). The number of benzene rings is 2. The lowest BCUT2D eigenvalue weighted by molar-refractivity contribution is 0.0686. The normalized spacial score (nSPS) is 11.2. The molecule has 0 unspecified atom stereocenters. The molecule has 0 atom stereocenters. The van der Waals surface area contributed by atoms with E-state index in [0.717, 1.165) is 0 Å². The Bertz CT molecular complexity index is 699. The molecule has 2 aromatic carbocycles. The number of carboxylic acid groups (broad SMARTS) is 2. The van der Waals surface area contributed by atoms with Crippen LogP contribution in [0.5, 0.6) is 0 Å². The van der Waals surface area contributed by atoms with Crippen molar-refractivity contribution in [3.8, 4) is 0 Å². The van der Waals surface area contributed by atoms with Gasteiger partial charge in [0.25, 0.3) is 0 Å². The van der Waals surface area contributed by atoms with Gasteiger partial charge in [0.15, 0.2) is 0 Å². The number of rotatable bonds is 6. The zero-order valence-corrected chi connectivity index (χ0v) is 14.8. The van der Waals surface area contributed by atoms with Crippen molar-refractivity contribution < 1.29 is 19.8 Å². The third-order valence-electron chi connectivity index (χ3n) is 3.21. The summed E-state index contributed by atoms with van der Waals surface area (Å²) in [5.41, 5.74) is 1.34. The molecular formula is C16H13Cl3N2O4. The highest BCUT2D eigenvalue weighted by Crippen LogP contribution is 2.33. The van der Waals surface area contributed by atoms with Crippen LogP contribution in [0.25, 0.3) is 0 Å². The number of hydrogen-bond acceptors (Lipinski definition) is 4. The van der Waals surface area contributed by atoms with Crippen LogP contribution in [0.4, 0.5) is 11.4 Å². The van der Waals surface area contributed by atoms with Crippen LogP contribution >= 0.6 is 34.8 Å². The molecule has 2 rings (SSSR count). The minimum absolute atomic E-state index is 0.133. The molecule has 0 saturated heterocycles. The van der Waals surface area contributed by atoms with Gasteiger partial charge in [0.1, 0.15) is 6.17 Å². The first-order chi connectivity index (χ1) is 11.7. The second-order valence-corrected chi connectivity index (χ2v) is 7.40. The van der Waals surface area contributed by atoms with Crippen LogP contribution in [-0.4, -0.2) is 32.1 Å². The molecule has 0 radical (unpaired) electrons. The van der Waals surface area contributed by atoms with Crippen molar-refractivity contribution in [2.45, 2.75) is 9.96 Å². The maximum Gasteiger partial charge on any atom is 0.335 e. The van der Waals surface area contributed by atoms with Crippen LogP contribution in [-0.2, 0) is 0 Å².